The van der Waals surface area contributed by atoms with Gasteiger partial charge in [-0.3, -0.25) is 0 Å². The zero-order valence-corrected chi connectivity index (χ0v) is 12.0. The van der Waals surface area contributed by atoms with Crippen molar-refractivity contribution in [1.82, 2.24) is 0 Å². The van der Waals surface area contributed by atoms with E-state index in [1.807, 2.05) is 12.1 Å². The molecule has 2 aromatic rings. The predicted octanol–water partition coefficient (Wildman–Crippen LogP) is 5.13. The number of nitrogens with one attached hydrogen (secondary N) is 1. The number of hydrogen-bond donors (Lipinski definition) is 1. The smallest absolute Gasteiger partial charge is 0.101 e. The molecule has 96 valence electrons. The molecule has 1 N–H and O–H groups in total. The molecule has 2 rings (SSSR count). The normalized spacial score (nSPS) is 10.0. The number of benzene rings is 2. The Morgan fingerprint density at radius 1 is 1.00 bits per heavy atom. The van der Waals surface area contributed by atoms with Crippen LogP contribution in [0.4, 0.5) is 5.69 Å². The standard InChI is InChI=1S/C14H9Cl3N2/c15-11-2-4-13(16)10(5-11)8-19-12-3-1-9(7-18)14(17)6-12/h1-6,19H,8H2. The molecule has 0 radical (unpaired) electrons. The van der Waals surface area contributed by atoms with Gasteiger partial charge in [0.15, 0.2) is 0 Å². The maximum absolute atomic E-state index is 8.80. The summed E-state index contributed by atoms with van der Waals surface area (Å²) in [5.74, 6) is 0. The van der Waals surface area contributed by atoms with E-state index in [4.69, 9.17) is 40.1 Å². The van der Waals surface area contributed by atoms with Crippen molar-refractivity contribution in [3.05, 3.63) is 62.6 Å². The largest absolute Gasteiger partial charge is 0.381 e. The van der Waals surface area contributed by atoms with Gasteiger partial charge in [0.25, 0.3) is 0 Å². The lowest BCUT2D eigenvalue weighted by Gasteiger charge is -2.09. The molecule has 2 aromatic carbocycles. The Labute approximate surface area is 126 Å². The Morgan fingerprint density at radius 2 is 1.79 bits per heavy atom. The maximum atomic E-state index is 8.80. The van der Waals surface area contributed by atoms with Gasteiger partial charge in [0, 0.05) is 22.3 Å². The van der Waals surface area contributed by atoms with Gasteiger partial charge in [0.05, 0.1) is 10.6 Å². The van der Waals surface area contributed by atoms with Gasteiger partial charge in [0.1, 0.15) is 6.07 Å². The van der Waals surface area contributed by atoms with Crippen LogP contribution in [0.25, 0.3) is 0 Å². The van der Waals surface area contributed by atoms with Crippen molar-refractivity contribution in [2.75, 3.05) is 5.32 Å². The highest BCUT2D eigenvalue weighted by Gasteiger charge is 2.03. The maximum Gasteiger partial charge on any atom is 0.101 e. The van der Waals surface area contributed by atoms with E-state index < -0.39 is 0 Å². The summed E-state index contributed by atoms with van der Waals surface area (Å²) in [7, 11) is 0. The highest BCUT2D eigenvalue weighted by atomic mass is 35.5. The fourth-order valence-electron chi connectivity index (χ4n) is 1.59. The summed E-state index contributed by atoms with van der Waals surface area (Å²) < 4.78 is 0. The number of anilines is 1. The molecule has 0 unspecified atom stereocenters. The first kappa shape index (κ1) is 14.0. The Balaban J connectivity index is 2.13. The van der Waals surface area contributed by atoms with E-state index in [9.17, 15) is 0 Å². The minimum Gasteiger partial charge on any atom is -0.381 e. The molecule has 0 saturated heterocycles. The van der Waals surface area contributed by atoms with Crippen LogP contribution in [-0.2, 0) is 6.54 Å². The van der Waals surface area contributed by atoms with Gasteiger partial charge in [-0.2, -0.15) is 5.26 Å². The lowest BCUT2D eigenvalue weighted by Crippen LogP contribution is -2.00. The Morgan fingerprint density at radius 3 is 2.47 bits per heavy atom. The molecule has 0 aromatic heterocycles. The van der Waals surface area contributed by atoms with Gasteiger partial charge in [-0.15, -0.1) is 0 Å². The summed E-state index contributed by atoms with van der Waals surface area (Å²) in [4.78, 5) is 0. The van der Waals surface area contributed by atoms with E-state index in [1.165, 1.54) is 0 Å². The van der Waals surface area contributed by atoms with Crippen molar-refractivity contribution in [2.24, 2.45) is 0 Å². The molecule has 0 bridgehead atoms. The minimum atomic E-state index is 0.421. The first-order valence-corrected chi connectivity index (χ1v) is 6.61. The van der Waals surface area contributed by atoms with E-state index in [2.05, 4.69) is 5.32 Å². The first-order chi connectivity index (χ1) is 9.10. The van der Waals surface area contributed by atoms with Crippen LogP contribution in [0.3, 0.4) is 0 Å². The second-order valence-corrected chi connectivity index (χ2v) is 5.15. The molecule has 0 atom stereocenters. The summed E-state index contributed by atoms with van der Waals surface area (Å²) in [5.41, 5.74) is 2.17. The zero-order chi connectivity index (χ0) is 13.8. The van der Waals surface area contributed by atoms with Gasteiger partial charge in [-0.1, -0.05) is 34.8 Å². The second-order valence-electron chi connectivity index (χ2n) is 3.90. The molecule has 0 amide bonds. The number of nitrogens with zero attached hydrogens (tertiary/aromatic N) is 1. The van der Waals surface area contributed by atoms with Gasteiger partial charge in [0.2, 0.25) is 0 Å². The quantitative estimate of drug-likeness (QED) is 0.853. The zero-order valence-electron chi connectivity index (χ0n) is 9.75. The van der Waals surface area contributed by atoms with Gasteiger partial charge >= 0.3 is 0 Å². The molecular weight excluding hydrogens is 303 g/mol. The molecule has 0 spiro atoms. The van der Waals surface area contributed by atoms with Crippen molar-refractivity contribution < 1.29 is 0 Å². The van der Waals surface area contributed by atoms with Crippen LogP contribution in [0, 0.1) is 11.3 Å². The third kappa shape index (κ3) is 3.54. The Hall–Kier alpha value is -1.40. The van der Waals surface area contributed by atoms with Crippen molar-refractivity contribution in [3.63, 3.8) is 0 Å². The molecular formula is C14H9Cl3N2. The van der Waals surface area contributed by atoms with E-state index >= 15 is 0 Å². The van der Waals surface area contributed by atoms with Crippen LogP contribution in [0.15, 0.2) is 36.4 Å². The van der Waals surface area contributed by atoms with Crippen molar-refractivity contribution in [2.45, 2.75) is 6.54 Å². The molecule has 0 heterocycles. The molecule has 5 heteroatoms. The summed E-state index contributed by atoms with van der Waals surface area (Å²) >= 11 is 18.0. The van der Waals surface area contributed by atoms with Crippen molar-refractivity contribution in [3.8, 4) is 6.07 Å². The van der Waals surface area contributed by atoms with Crippen LogP contribution < -0.4 is 5.32 Å². The number of rotatable bonds is 3. The average Bonchev–Trinajstić information content (AvgIpc) is 2.40. The Kier molecular flexibility index (Phi) is 4.55. The lowest BCUT2D eigenvalue weighted by atomic mass is 10.2. The van der Waals surface area contributed by atoms with E-state index in [0.717, 1.165) is 11.3 Å². The predicted molar refractivity (Wildman–Crippen MR) is 80.0 cm³/mol. The first-order valence-electron chi connectivity index (χ1n) is 5.47. The van der Waals surface area contributed by atoms with Crippen LogP contribution in [0.5, 0.6) is 0 Å². The highest BCUT2D eigenvalue weighted by Crippen LogP contribution is 2.24. The van der Waals surface area contributed by atoms with E-state index in [-0.39, 0.29) is 0 Å². The van der Waals surface area contributed by atoms with Gasteiger partial charge in [-0.05, 0) is 42.0 Å². The van der Waals surface area contributed by atoms with Gasteiger partial charge < -0.3 is 5.32 Å². The topological polar surface area (TPSA) is 35.8 Å². The second kappa shape index (κ2) is 6.16. The van der Waals surface area contributed by atoms with Crippen LogP contribution in [-0.4, -0.2) is 0 Å². The summed E-state index contributed by atoms with van der Waals surface area (Å²) in [6.07, 6.45) is 0. The Bertz CT molecular complexity index is 648. The molecule has 2 nitrogen and oxygen atoms in total. The highest BCUT2D eigenvalue weighted by molar-refractivity contribution is 6.33. The third-order valence-electron chi connectivity index (χ3n) is 2.58. The lowest BCUT2D eigenvalue weighted by molar-refractivity contribution is 1.15. The van der Waals surface area contributed by atoms with Crippen molar-refractivity contribution >= 4 is 40.5 Å². The summed E-state index contributed by atoms with van der Waals surface area (Å²) in [6.45, 7) is 0.529. The van der Waals surface area contributed by atoms with Gasteiger partial charge in [-0.25, -0.2) is 0 Å². The fourth-order valence-corrected chi connectivity index (χ4v) is 2.19. The van der Waals surface area contributed by atoms with E-state index in [1.54, 1.807) is 30.3 Å². The van der Waals surface area contributed by atoms with Crippen LogP contribution >= 0.6 is 34.8 Å². The van der Waals surface area contributed by atoms with Crippen LogP contribution in [0.2, 0.25) is 15.1 Å². The number of halogens is 3. The summed E-state index contributed by atoms with van der Waals surface area (Å²) in [5, 5.41) is 13.7. The molecule has 0 fully saturated rings. The molecule has 19 heavy (non-hydrogen) atoms. The SMILES string of the molecule is N#Cc1ccc(NCc2cc(Cl)ccc2Cl)cc1Cl. The van der Waals surface area contributed by atoms with Crippen molar-refractivity contribution in [1.29, 1.82) is 5.26 Å². The monoisotopic (exact) mass is 310 g/mol. The molecule has 0 aliphatic heterocycles. The molecule has 0 aliphatic rings. The third-order valence-corrected chi connectivity index (χ3v) is 3.50. The minimum absolute atomic E-state index is 0.421. The fraction of sp³-hybridized carbons (Fsp3) is 0.0714. The van der Waals surface area contributed by atoms with Crippen LogP contribution in [0.1, 0.15) is 11.1 Å². The van der Waals surface area contributed by atoms with E-state index in [0.29, 0.717) is 27.2 Å². The summed E-state index contributed by atoms with van der Waals surface area (Å²) in [6, 6.07) is 12.5. The number of nitriles is 1. The molecule has 0 saturated carbocycles. The molecule has 0 aliphatic carbocycles. The average molecular weight is 312 g/mol. The number of hydrogen-bond acceptors (Lipinski definition) is 2.